The number of morpholine rings is 2. The van der Waals surface area contributed by atoms with Crippen molar-refractivity contribution in [1.82, 2.24) is 29.9 Å². The standard InChI is InChI=1S/C40H40N12O8S2.Na.H/c53-61(54,55)33-25-31(43-37-45-35(41-29-7-3-1-4-8-29)47-39(49-37)51-17-21-59-22-18-51)15-13-27(33)11-12-28-14-16-32(26-34(28)62(56,57)58)44-38-46-36(42-30-9-5-2-6-10-30)48-40(50-38)52-19-23-60-24-20-52;;/h1-16,25-26H,17-24H2,(H,53,54,55)(H,56,57,58)(H2,41,43,45,47,49)(H2,42,44,46,48,50);;. The molecule has 2 aliphatic heterocycles. The molecule has 4 heterocycles. The molecule has 23 heteroatoms. The topological polar surface area (TPSA) is 259 Å². The van der Waals surface area contributed by atoms with Crippen molar-refractivity contribution < 1.29 is 35.4 Å². The molecule has 2 aliphatic rings. The Kier molecular flexibility index (Phi) is 14.4. The molecule has 2 aromatic heterocycles. The third-order valence-corrected chi connectivity index (χ3v) is 11.3. The first-order valence-corrected chi connectivity index (χ1v) is 22.1. The molecular weight excluding hydrogens is 864 g/mol. The molecule has 0 radical (unpaired) electrons. The molecule has 8 rings (SSSR count). The van der Waals surface area contributed by atoms with Crippen molar-refractivity contribution in [2.24, 2.45) is 0 Å². The molecule has 20 nitrogen and oxygen atoms in total. The number of hydrogen-bond acceptors (Lipinski definition) is 18. The van der Waals surface area contributed by atoms with Crippen LogP contribution in [-0.2, 0) is 29.7 Å². The van der Waals surface area contributed by atoms with E-state index in [4.69, 9.17) is 9.47 Å². The maximum absolute atomic E-state index is 12.7. The fourth-order valence-electron chi connectivity index (χ4n) is 6.45. The normalized spacial score (nSPS) is 14.5. The molecule has 0 bridgehead atoms. The second-order valence-corrected chi connectivity index (χ2v) is 16.6. The third-order valence-electron chi connectivity index (χ3n) is 9.43. The number of aromatic nitrogens is 6. The van der Waals surface area contributed by atoms with Crippen molar-refractivity contribution in [2.75, 3.05) is 83.7 Å². The molecule has 6 aromatic rings. The van der Waals surface area contributed by atoms with Crippen LogP contribution in [-0.4, -0.2) is 138 Å². The number of ether oxygens (including phenoxy) is 2. The number of nitrogens with zero attached hydrogens (tertiary/aromatic N) is 8. The van der Waals surface area contributed by atoms with Crippen LogP contribution in [0.5, 0.6) is 0 Å². The molecule has 0 spiro atoms. The van der Waals surface area contributed by atoms with Crippen LogP contribution < -0.4 is 31.1 Å². The van der Waals surface area contributed by atoms with E-state index in [-0.39, 0.29) is 75.9 Å². The van der Waals surface area contributed by atoms with Crippen molar-refractivity contribution in [3.8, 4) is 0 Å². The molecule has 0 amide bonds. The number of hydrogen-bond donors (Lipinski definition) is 6. The van der Waals surface area contributed by atoms with Gasteiger partial charge in [0.05, 0.1) is 26.4 Å². The van der Waals surface area contributed by atoms with Crippen molar-refractivity contribution in [2.45, 2.75) is 9.79 Å². The summed E-state index contributed by atoms with van der Waals surface area (Å²) >= 11 is 0. The zero-order chi connectivity index (χ0) is 43.1. The summed E-state index contributed by atoms with van der Waals surface area (Å²) in [5, 5.41) is 12.3. The SMILES string of the molecule is O=S(=O)(O)c1cc(Nc2nc(Nc3ccccc3)nc(N3CCOCC3)n2)ccc1C=Cc1ccc(Nc2nc(Nc3ccccc3)nc(N3CCOCC3)n2)cc1S(=O)(=O)O.[NaH]. The van der Waals surface area contributed by atoms with Crippen LogP contribution in [0, 0.1) is 0 Å². The van der Waals surface area contributed by atoms with Crippen molar-refractivity contribution in [1.29, 1.82) is 0 Å². The first-order valence-electron chi connectivity index (χ1n) is 19.2. The number of anilines is 10. The van der Waals surface area contributed by atoms with Gasteiger partial charge in [0, 0.05) is 48.9 Å². The molecule has 2 fully saturated rings. The van der Waals surface area contributed by atoms with Crippen LogP contribution in [0.25, 0.3) is 12.2 Å². The van der Waals surface area contributed by atoms with Crippen LogP contribution in [0.2, 0.25) is 0 Å². The summed E-state index contributed by atoms with van der Waals surface area (Å²) in [5.41, 5.74) is 1.92. The van der Waals surface area contributed by atoms with Gasteiger partial charge in [-0.25, -0.2) is 0 Å². The van der Waals surface area contributed by atoms with Crippen molar-refractivity contribution >= 4 is 120 Å². The van der Waals surface area contributed by atoms with Crippen LogP contribution in [0.3, 0.4) is 0 Å². The molecule has 0 unspecified atom stereocenters. The fraction of sp³-hybridized carbons (Fsp3) is 0.200. The van der Waals surface area contributed by atoms with Gasteiger partial charge in [0.1, 0.15) is 9.79 Å². The fourth-order valence-corrected chi connectivity index (χ4v) is 7.87. The Morgan fingerprint density at radius 1 is 0.476 bits per heavy atom. The third kappa shape index (κ3) is 12.0. The minimum absolute atomic E-state index is 0. The number of nitrogens with one attached hydrogen (secondary N) is 4. The van der Waals surface area contributed by atoms with E-state index in [1.54, 1.807) is 0 Å². The van der Waals surface area contributed by atoms with Gasteiger partial charge in [0.2, 0.25) is 35.7 Å². The van der Waals surface area contributed by atoms with Gasteiger partial charge in [-0.1, -0.05) is 60.7 Å². The van der Waals surface area contributed by atoms with Gasteiger partial charge in [-0.05, 0) is 59.7 Å². The molecule has 4 aromatic carbocycles. The van der Waals surface area contributed by atoms with Crippen LogP contribution >= 0.6 is 0 Å². The summed E-state index contributed by atoms with van der Waals surface area (Å²) in [6.07, 6.45) is 2.60. The minimum atomic E-state index is -4.83. The Labute approximate surface area is 385 Å². The Morgan fingerprint density at radius 3 is 1.14 bits per heavy atom. The summed E-state index contributed by atoms with van der Waals surface area (Å²) in [6, 6.07) is 26.8. The number of benzene rings is 4. The van der Waals surface area contributed by atoms with Gasteiger partial charge in [-0.2, -0.15) is 46.7 Å². The summed E-state index contributed by atoms with van der Waals surface area (Å²) in [5.74, 6) is 1.38. The molecular formula is C40H41N12NaO8S2. The maximum atomic E-state index is 12.7. The van der Waals surface area contributed by atoms with Gasteiger partial charge in [0.25, 0.3) is 20.2 Å². The van der Waals surface area contributed by atoms with Crippen LogP contribution in [0.1, 0.15) is 11.1 Å². The monoisotopic (exact) mass is 904 g/mol. The first kappa shape index (κ1) is 45.2. The molecule has 0 saturated carbocycles. The second-order valence-electron chi connectivity index (χ2n) is 13.8. The van der Waals surface area contributed by atoms with E-state index in [0.717, 1.165) is 11.4 Å². The molecule has 2 saturated heterocycles. The summed E-state index contributed by atoms with van der Waals surface area (Å²) in [6.45, 7) is 4.13. The number of para-hydroxylation sites is 2. The molecule has 0 aliphatic carbocycles. The van der Waals surface area contributed by atoms with E-state index in [1.807, 2.05) is 70.5 Å². The Hall–Kier alpha value is -5.82. The number of rotatable bonds is 14. The van der Waals surface area contributed by atoms with Gasteiger partial charge in [-0.15, -0.1) is 0 Å². The Balaban J connectivity index is 0.00000595. The van der Waals surface area contributed by atoms with Gasteiger partial charge < -0.3 is 40.5 Å². The van der Waals surface area contributed by atoms with E-state index in [1.165, 1.54) is 48.6 Å². The molecule has 322 valence electrons. The van der Waals surface area contributed by atoms with E-state index >= 15 is 0 Å². The van der Waals surface area contributed by atoms with Gasteiger partial charge in [-0.3, -0.25) is 9.11 Å². The van der Waals surface area contributed by atoms with E-state index in [9.17, 15) is 25.9 Å². The predicted octanol–water partition coefficient (Wildman–Crippen LogP) is 4.72. The van der Waals surface area contributed by atoms with Gasteiger partial charge >= 0.3 is 29.6 Å². The summed E-state index contributed by atoms with van der Waals surface area (Å²) in [4.78, 5) is 30.1. The Morgan fingerprint density at radius 2 is 0.810 bits per heavy atom. The van der Waals surface area contributed by atoms with Crippen LogP contribution in [0.15, 0.2) is 107 Å². The quantitative estimate of drug-likeness (QED) is 0.0491. The second kappa shape index (κ2) is 20.1. The summed E-state index contributed by atoms with van der Waals surface area (Å²) < 4.78 is 82.5. The predicted molar refractivity (Wildman–Crippen MR) is 240 cm³/mol. The zero-order valence-corrected chi connectivity index (χ0v) is 34.4. The average molecular weight is 905 g/mol. The van der Waals surface area contributed by atoms with Crippen molar-refractivity contribution in [3.05, 3.63) is 108 Å². The molecule has 0 atom stereocenters. The molecule has 6 N–H and O–H groups in total. The van der Waals surface area contributed by atoms with E-state index < -0.39 is 30.0 Å². The van der Waals surface area contributed by atoms with Crippen molar-refractivity contribution in [3.63, 3.8) is 0 Å². The van der Waals surface area contributed by atoms with E-state index in [0.29, 0.717) is 64.5 Å². The Bertz CT molecular complexity index is 2610. The summed E-state index contributed by atoms with van der Waals surface area (Å²) in [7, 11) is -9.67. The molecule has 63 heavy (non-hydrogen) atoms. The first-order chi connectivity index (χ1) is 29.9. The zero-order valence-electron chi connectivity index (χ0n) is 32.8. The van der Waals surface area contributed by atoms with Gasteiger partial charge in [0.15, 0.2) is 0 Å². The van der Waals surface area contributed by atoms with Crippen LogP contribution in [0.4, 0.5) is 58.4 Å². The average Bonchev–Trinajstić information content (AvgIpc) is 3.27. The van der Waals surface area contributed by atoms with E-state index in [2.05, 4.69) is 51.2 Å².